The van der Waals surface area contributed by atoms with Crippen molar-refractivity contribution >= 4 is 106 Å². The van der Waals surface area contributed by atoms with Crippen molar-refractivity contribution in [1.29, 1.82) is 0 Å². The van der Waals surface area contributed by atoms with Crippen LogP contribution >= 0.6 is 23.2 Å². The van der Waals surface area contributed by atoms with Gasteiger partial charge >= 0.3 is 47.8 Å². The van der Waals surface area contributed by atoms with Gasteiger partial charge in [0, 0.05) is 89.5 Å². The van der Waals surface area contributed by atoms with Gasteiger partial charge in [-0.25, -0.2) is 14.4 Å². The molecule has 3 saturated heterocycles. The van der Waals surface area contributed by atoms with Gasteiger partial charge in [0.2, 0.25) is 23.6 Å². The van der Waals surface area contributed by atoms with Gasteiger partial charge in [-0.1, -0.05) is 138 Å². The van der Waals surface area contributed by atoms with Crippen molar-refractivity contribution in [3.05, 3.63) is 153 Å². The van der Waals surface area contributed by atoms with Gasteiger partial charge in [0.1, 0.15) is 61.2 Å². The van der Waals surface area contributed by atoms with Crippen LogP contribution in [0.5, 0.6) is 11.5 Å². The number of nitrogens with zero attached hydrogens (tertiary/aromatic N) is 1. The Morgan fingerprint density at radius 2 is 0.786 bits per heavy atom. The third-order valence-corrected chi connectivity index (χ3v) is 24.2. The minimum absolute atomic E-state index is 0.0305. The van der Waals surface area contributed by atoms with E-state index in [1.165, 1.54) is 26.4 Å². The van der Waals surface area contributed by atoms with Gasteiger partial charge in [0.15, 0.2) is 12.2 Å². The molecular weight excluding hydrogens is 1930 g/mol. The molecule has 4 aromatic rings. The first kappa shape index (κ1) is 119. The van der Waals surface area contributed by atoms with Crippen LogP contribution in [0.2, 0.25) is 10.0 Å². The van der Waals surface area contributed by atoms with E-state index in [-0.39, 0.29) is 190 Å². The van der Waals surface area contributed by atoms with E-state index >= 15 is 0 Å². The van der Waals surface area contributed by atoms with Gasteiger partial charge in [0.05, 0.1) is 153 Å². The fraction of sp³-hybridized carbons (Fsp3) is 0.596. The smallest absolute Gasteiger partial charge is 0.347 e. The summed E-state index contributed by atoms with van der Waals surface area (Å²) >= 11 is 12.7. The number of rotatable bonds is 53. The summed E-state index contributed by atoms with van der Waals surface area (Å²) in [6.45, 7) is 22.6. The highest BCUT2D eigenvalue weighted by molar-refractivity contribution is 6.32. The molecular formula is C104H141Cl2N5O34. The molecule has 5 aliphatic rings. The molecule has 5 aliphatic heterocycles. The third kappa shape index (κ3) is 43.1. The van der Waals surface area contributed by atoms with Crippen molar-refractivity contribution in [2.75, 3.05) is 133 Å². The number of imide groups is 1. The first-order chi connectivity index (χ1) is 69.3. The van der Waals surface area contributed by atoms with Crippen molar-refractivity contribution in [2.45, 2.75) is 233 Å². The number of hydrogen-bond acceptors (Lipinski definition) is 33. The Bertz CT molecular complexity index is 4920. The summed E-state index contributed by atoms with van der Waals surface area (Å²) in [6.07, 6.45) is 2.36. The van der Waals surface area contributed by atoms with Crippen LogP contribution in [-0.4, -0.2) is 275 Å². The van der Waals surface area contributed by atoms with Crippen molar-refractivity contribution < 1.29 is 162 Å². The van der Waals surface area contributed by atoms with Crippen LogP contribution in [0.4, 0.5) is 0 Å². The second-order valence-corrected chi connectivity index (χ2v) is 38.4. The number of amides is 6. The summed E-state index contributed by atoms with van der Waals surface area (Å²) in [5, 5.41) is 20.8. The Kier molecular flexibility index (Phi) is 51.1. The number of carboxylic acids is 1. The highest BCUT2D eigenvalue weighted by atomic mass is 35.5. The number of epoxide rings is 2. The lowest BCUT2D eigenvalue weighted by atomic mass is 9.92. The molecule has 12 atom stereocenters. The first-order valence-electron chi connectivity index (χ1n) is 49.0. The fourth-order valence-electron chi connectivity index (χ4n) is 15.0. The molecule has 9 rings (SSSR count). The Morgan fingerprint density at radius 3 is 1.13 bits per heavy atom. The minimum atomic E-state index is -1.26. The van der Waals surface area contributed by atoms with Crippen molar-refractivity contribution in [3.8, 4) is 11.5 Å². The number of ether oxygens (including phenoxy) is 18. The second-order valence-electron chi connectivity index (χ2n) is 37.6. The molecule has 145 heavy (non-hydrogen) atoms. The van der Waals surface area contributed by atoms with Gasteiger partial charge in [-0.3, -0.25) is 52.7 Å². The standard InChI is InChI=1S/C54H72ClN3O18.C50H69ClN2O16/c1-34(2)29-43-52(65)73-41(9-7-10-44(59)57-40(31-37-14-17-42(67-6)39(55)30-37)51(64)56-33-54(4,5)53(66)74-43)35(3)49-50(75-49)38-15-12-36(13-16-38)32-72-47(62)11-8-21-68-23-25-70-27-28-71-26-24-69-22-20-48(63)76-58-45(60)18-19-46(58)61;1-32(2)27-41-48(59)67-39(9-7-10-42(54)53-38(29-35-14-17-40(61-6)37(51)28-35)47(58)52-31-50(4,5)49(60)68-41)33(3)45-46(69-45)36-15-12-34(13-16-36)30-66-44(57)11-8-19-62-21-23-64-25-26-65-24-22-63-20-18-43(55)56/h7,10,12-17,30,34-35,40-41,43,49-50H,8-9,11,18-29,31-33H2,1-6H3,(H,56,64)(H,57,59);7,10,12-17,28,32-33,38-39,41,45-46H,8-9,11,18-27,29-31H2,1-6H3,(H,52,58)(H,53,54)(H,55,56)/b2*10-7+/t35-,40+,41-,43-,49-,50-;33-,38+,39-,41-,45-,46-/m00/s1. The highest BCUT2D eigenvalue weighted by Gasteiger charge is 2.50. The van der Waals surface area contributed by atoms with E-state index in [0.717, 1.165) is 22.3 Å². The number of carbonyl (C=O) groups excluding carboxylic acids is 13. The van der Waals surface area contributed by atoms with E-state index in [9.17, 15) is 67.1 Å². The number of methoxy groups -OCH3 is 2. The van der Waals surface area contributed by atoms with E-state index in [2.05, 4.69) is 21.3 Å². The number of cyclic esters (lactones) is 4. The fourth-order valence-corrected chi connectivity index (χ4v) is 15.6. The predicted molar refractivity (Wildman–Crippen MR) is 522 cm³/mol. The number of carbonyl (C=O) groups is 14. The molecule has 800 valence electrons. The molecule has 0 aromatic heterocycles. The Hall–Kier alpha value is -11.1. The SMILES string of the molecule is COc1ccc(C[C@H]2NC(=O)/C=C/C[C@@H]([C@H](C)[C@@H]3O[C@H]3c3ccc(COC(=O)CCCOCCOCCOCCOCCC(=O)O)cc3)OC(=O)[C@H](CC(C)C)OC(=O)C(C)(C)CNC2=O)cc1Cl.COc1ccc(C[C@H]2NC(=O)/C=C/C[C@@H]([C@H](C)[C@@H]3O[C@H]3c3ccc(COC(=O)CCCOCCOCCOCCOCCC(=O)ON4C(=O)CCC4=O)cc3)OC(=O)[C@H](CC(C)C)OC(=O)C(C)(C)CNC2=O)cc1Cl. The van der Waals surface area contributed by atoms with Crippen LogP contribution in [0.1, 0.15) is 192 Å². The monoisotopic (exact) mass is 2070 g/mol. The number of halogens is 2. The van der Waals surface area contributed by atoms with Crippen molar-refractivity contribution in [3.63, 3.8) is 0 Å². The summed E-state index contributed by atoms with van der Waals surface area (Å²) in [6, 6.07) is 23.0. The molecule has 0 aliphatic carbocycles. The maximum Gasteiger partial charge on any atom is 0.347 e. The minimum Gasteiger partial charge on any atom is -0.495 e. The Morgan fingerprint density at radius 1 is 0.441 bits per heavy atom. The average molecular weight is 2080 g/mol. The van der Waals surface area contributed by atoms with Crippen LogP contribution in [0, 0.1) is 34.5 Å². The summed E-state index contributed by atoms with van der Waals surface area (Å²) in [4.78, 5) is 184. The lowest BCUT2D eigenvalue weighted by molar-refractivity contribution is -0.198. The van der Waals surface area contributed by atoms with Gasteiger partial charge in [0.25, 0.3) is 11.8 Å². The summed E-state index contributed by atoms with van der Waals surface area (Å²) in [5.41, 5.74) is 2.12. The molecule has 5 N–H and O–H groups in total. The number of aliphatic carboxylic acids is 1. The zero-order valence-corrected chi connectivity index (χ0v) is 86.2. The quantitative estimate of drug-likeness (QED) is 0.00901. The van der Waals surface area contributed by atoms with Crippen LogP contribution in [0.15, 0.2) is 109 Å². The normalized spacial score (nSPS) is 22.0. The maximum atomic E-state index is 13.9. The molecule has 3 fully saturated rings. The number of nitrogens with one attached hydrogen (secondary N) is 4. The molecule has 6 amide bonds. The number of benzene rings is 4. The molecule has 41 heteroatoms. The van der Waals surface area contributed by atoms with E-state index in [0.29, 0.717) is 130 Å². The molecule has 4 aromatic carbocycles. The largest absolute Gasteiger partial charge is 0.495 e. The Labute approximate surface area is 855 Å². The summed E-state index contributed by atoms with van der Waals surface area (Å²) in [7, 11) is 2.98. The van der Waals surface area contributed by atoms with Gasteiger partial charge in [-0.2, -0.15) is 0 Å². The number of esters is 6. The highest BCUT2D eigenvalue weighted by Crippen LogP contribution is 2.47. The Balaban J connectivity index is 0.000000356. The van der Waals surface area contributed by atoms with Crippen molar-refractivity contribution in [2.24, 2.45) is 34.5 Å². The third-order valence-electron chi connectivity index (χ3n) is 23.7. The molecule has 0 bridgehead atoms. The molecule has 39 nitrogen and oxygen atoms in total. The van der Waals surface area contributed by atoms with Gasteiger partial charge in [-0.05, 0) is 135 Å². The summed E-state index contributed by atoms with van der Waals surface area (Å²) < 4.78 is 101. The lowest BCUT2D eigenvalue weighted by Gasteiger charge is -2.29. The predicted octanol–water partition coefficient (Wildman–Crippen LogP) is 10.5. The molecule has 0 radical (unpaired) electrons. The van der Waals surface area contributed by atoms with Gasteiger partial charge < -0.3 is 116 Å². The topological polar surface area (TPSA) is 493 Å². The lowest BCUT2D eigenvalue weighted by Crippen LogP contribution is -2.51. The zero-order chi connectivity index (χ0) is 106. The number of hydrogen-bond donors (Lipinski definition) is 5. The van der Waals surface area contributed by atoms with E-state index in [4.69, 9.17) is 118 Å². The van der Waals surface area contributed by atoms with Gasteiger partial charge in [-0.15, -0.1) is 5.06 Å². The molecule has 0 spiro atoms. The number of hydroxylamine groups is 2. The van der Waals surface area contributed by atoms with E-state index in [1.54, 1.807) is 76.2 Å². The van der Waals surface area contributed by atoms with Crippen LogP contribution < -0.4 is 30.7 Å². The zero-order valence-electron chi connectivity index (χ0n) is 84.6. The molecule has 5 heterocycles. The molecule has 0 unspecified atom stereocenters. The van der Waals surface area contributed by atoms with E-state index in [1.807, 2.05) is 90.1 Å². The average Bonchev–Trinajstić information content (AvgIpc) is 1.63. The summed E-state index contributed by atoms with van der Waals surface area (Å²) in [5.74, 6) is -8.37. The van der Waals surface area contributed by atoms with Crippen LogP contribution in [0.25, 0.3) is 0 Å². The van der Waals surface area contributed by atoms with Crippen LogP contribution in [-0.2, 0) is 174 Å². The van der Waals surface area contributed by atoms with E-state index < -0.39 is 119 Å². The molecule has 0 saturated carbocycles. The second kappa shape index (κ2) is 62.2. The number of carboxylic acid groups (broad SMARTS) is 1. The first-order valence-corrected chi connectivity index (χ1v) is 49.7. The van der Waals surface area contributed by atoms with Crippen LogP contribution in [0.3, 0.4) is 0 Å². The maximum absolute atomic E-state index is 13.9. The van der Waals surface area contributed by atoms with Crippen molar-refractivity contribution in [1.82, 2.24) is 26.3 Å².